The molecule has 1 aromatic carbocycles. The minimum absolute atomic E-state index is 0.0987. The standard InChI is InChI=1S/C9H5ClN2O3S/c10-6-2-1-3-7(8(6)12(13)14)16-9-11-4-5-15-9/h1-5H. The van der Waals surface area contributed by atoms with Gasteiger partial charge in [-0.25, -0.2) is 4.98 Å². The molecule has 1 aromatic heterocycles. The Bertz CT molecular complexity index is 515. The summed E-state index contributed by atoms with van der Waals surface area (Å²) in [4.78, 5) is 14.6. The van der Waals surface area contributed by atoms with Crippen molar-refractivity contribution in [1.82, 2.24) is 4.98 Å². The average Bonchev–Trinajstić information content (AvgIpc) is 2.70. The van der Waals surface area contributed by atoms with Gasteiger partial charge in [-0.2, -0.15) is 0 Å². The number of benzene rings is 1. The van der Waals surface area contributed by atoms with E-state index in [0.717, 1.165) is 11.8 Å². The van der Waals surface area contributed by atoms with Gasteiger partial charge in [-0.15, -0.1) is 0 Å². The van der Waals surface area contributed by atoms with Crippen molar-refractivity contribution >= 4 is 29.1 Å². The van der Waals surface area contributed by atoms with Crippen LogP contribution in [-0.2, 0) is 0 Å². The van der Waals surface area contributed by atoms with Crippen LogP contribution in [0.2, 0.25) is 5.02 Å². The predicted octanol–water partition coefficient (Wildman–Crippen LogP) is 3.39. The third kappa shape index (κ3) is 2.17. The molecule has 0 N–H and O–H groups in total. The Labute approximate surface area is 99.6 Å². The van der Waals surface area contributed by atoms with Gasteiger partial charge >= 0.3 is 5.69 Å². The molecule has 1 heterocycles. The smallest absolute Gasteiger partial charge is 0.301 e. The molecule has 7 heteroatoms. The number of aromatic nitrogens is 1. The van der Waals surface area contributed by atoms with Gasteiger partial charge < -0.3 is 4.42 Å². The Morgan fingerprint density at radius 2 is 2.31 bits per heavy atom. The van der Waals surface area contributed by atoms with Crippen LogP contribution in [-0.4, -0.2) is 9.91 Å². The molecule has 0 aliphatic rings. The van der Waals surface area contributed by atoms with E-state index in [1.807, 2.05) is 0 Å². The molecule has 82 valence electrons. The fraction of sp³-hybridized carbons (Fsp3) is 0. The van der Waals surface area contributed by atoms with Gasteiger partial charge in [-0.1, -0.05) is 17.7 Å². The Hall–Kier alpha value is -1.53. The van der Waals surface area contributed by atoms with Gasteiger partial charge in [0.1, 0.15) is 11.3 Å². The lowest BCUT2D eigenvalue weighted by Crippen LogP contribution is -1.91. The van der Waals surface area contributed by atoms with Crippen LogP contribution in [0.1, 0.15) is 0 Å². The Morgan fingerprint density at radius 1 is 1.50 bits per heavy atom. The number of hydrogen-bond acceptors (Lipinski definition) is 5. The van der Waals surface area contributed by atoms with Crippen molar-refractivity contribution in [1.29, 1.82) is 0 Å². The zero-order chi connectivity index (χ0) is 11.5. The van der Waals surface area contributed by atoms with Crippen molar-refractivity contribution in [2.24, 2.45) is 0 Å². The first-order chi connectivity index (χ1) is 7.68. The number of rotatable bonds is 3. The van der Waals surface area contributed by atoms with E-state index in [1.54, 1.807) is 12.1 Å². The normalized spacial score (nSPS) is 10.3. The highest BCUT2D eigenvalue weighted by Gasteiger charge is 2.20. The first-order valence-corrected chi connectivity index (χ1v) is 5.38. The first-order valence-electron chi connectivity index (χ1n) is 4.18. The summed E-state index contributed by atoms with van der Waals surface area (Å²) in [6, 6.07) is 4.71. The summed E-state index contributed by atoms with van der Waals surface area (Å²) >= 11 is 6.82. The van der Waals surface area contributed by atoms with Crippen LogP contribution in [0, 0.1) is 10.1 Å². The number of nitro benzene ring substituents is 1. The van der Waals surface area contributed by atoms with Gasteiger partial charge in [0.25, 0.3) is 5.22 Å². The topological polar surface area (TPSA) is 69.2 Å². The zero-order valence-corrected chi connectivity index (χ0v) is 9.36. The second-order valence-corrected chi connectivity index (χ2v) is 4.14. The number of oxazole rings is 1. The largest absolute Gasteiger partial charge is 0.440 e. The maximum atomic E-state index is 10.8. The molecule has 16 heavy (non-hydrogen) atoms. The van der Waals surface area contributed by atoms with E-state index in [0.29, 0.717) is 10.1 Å². The zero-order valence-electron chi connectivity index (χ0n) is 7.79. The molecule has 0 saturated carbocycles. The molecule has 0 unspecified atom stereocenters. The summed E-state index contributed by atoms with van der Waals surface area (Å²) in [5.41, 5.74) is -0.132. The van der Waals surface area contributed by atoms with Crippen molar-refractivity contribution in [3.8, 4) is 0 Å². The molecule has 2 aromatic rings. The summed E-state index contributed by atoms with van der Waals surface area (Å²) in [5.74, 6) is 0. The third-order valence-electron chi connectivity index (χ3n) is 1.74. The molecule has 0 atom stereocenters. The minimum Gasteiger partial charge on any atom is -0.440 e. The number of nitrogens with zero attached hydrogens (tertiary/aromatic N) is 2. The van der Waals surface area contributed by atoms with Crippen molar-refractivity contribution in [3.63, 3.8) is 0 Å². The number of halogens is 1. The van der Waals surface area contributed by atoms with Gasteiger partial charge in [-0.05, 0) is 23.9 Å². The van der Waals surface area contributed by atoms with Gasteiger partial charge in [-0.3, -0.25) is 10.1 Å². The molecule has 0 aliphatic heterocycles. The number of para-hydroxylation sites is 1. The van der Waals surface area contributed by atoms with E-state index in [1.165, 1.54) is 18.5 Å². The van der Waals surface area contributed by atoms with Gasteiger partial charge in [0.2, 0.25) is 0 Å². The van der Waals surface area contributed by atoms with Crippen LogP contribution in [0.3, 0.4) is 0 Å². The predicted molar refractivity (Wildman–Crippen MR) is 58.7 cm³/mol. The van der Waals surface area contributed by atoms with E-state index in [9.17, 15) is 10.1 Å². The second-order valence-electron chi connectivity index (χ2n) is 2.74. The van der Waals surface area contributed by atoms with Gasteiger partial charge in [0, 0.05) is 0 Å². The van der Waals surface area contributed by atoms with E-state index in [2.05, 4.69) is 4.98 Å². The van der Waals surface area contributed by atoms with Crippen LogP contribution in [0.5, 0.6) is 0 Å². The quantitative estimate of drug-likeness (QED) is 0.622. The Kier molecular flexibility index (Phi) is 3.12. The maximum absolute atomic E-state index is 10.8. The van der Waals surface area contributed by atoms with E-state index in [-0.39, 0.29) is 10.7 Å². The molecule has 2 rings (SSSR count). The SMILES string of the molecule is O=[N+]([O-])c1c(Cl)cccc1Sc1ncco1. The van der Waals surface area contributed by atoms with Crippen molar-refractivity contribution in [2.75, 3.05) is 0 Å². The second kappa shape index (κ2) is 4.54. The van der Waals surface area contributed by atoms with Crippen molar-refractivity contribution in [2.45, 2.75) is 10.1 Å². The summed E-state index contributed by atoms with van der Waals surface area (Å²) < 4.78 is 5.00. The van der Waals surface area contributed by atoms with Crippen LogP contribution in [0.4, 0.5) is 5.69 Å². The van der Waals surface area contributed by atoms with Crippen LogP contribution in [0.15, 0.2) is 45.2 Å². The molecule has 0 fully saturated rings. The Balaban J connectivity index is 2.40. The lowest BCUT2D eigenvalue weighted by molar-refractivity contribution is -0.387. The molecule has 0 aliphatic carbocycles. The average molecular weight is 257 g/mol. The van der Waals surface area contributed by atoms with E-state index < -0.39 is 4.92 Å². The van der Waals surface area contributed by atoms with Gasteiger partial charge in [0.15, 0.2) is 0 Å². The third-order valence-corrected chi connectivity index (χ3v) is 2.97. The highest BCUT2D eigenvalue weighted by Crippen LogP contribution is 2.38. The Morgan fingerprint density at radius 3 is 2.94 bits per heavy atom. The molecular formula is C9H5ClN2O3S. The fourth-order valence-electron chi connectivity index (χ4n) is 1.11. The number of hydrogen-bond donors (Lipinski definition) is 0. The molecule has 0 spiro atoms. The lowest BCUT2D eigenvalue weighted by Gasteiger charge is -2.00. The summed E-state index contributed by atoms with van der Waals surface area (Å²) in [6.07, 6.45) is 2.87. The van der Waals surface area contributed by atoms with Crippen molar-refractivity contribution in [3.05, 3.63) is 45.8 Å². The van der Waals surface area contributed by atoms with Crippen LogP contribution >= 0.6 is 23.4 Å². The molecule has 0 amide bonds. The molecule has 0 saturated heterocycles. The molecular weight excluding hydrogens is 252 g/mol. The van der Waals surface area contributed by atoms with Crippen molar-refractivity contribution < 1.29 is 9.34 Å². The fourth-order valence-corrected chi connectivity index (χ4v) is 2.24. The van der Waals surface area contributed by atoms with Crippen LogP contribution in [0.25, 0.3) is 0 Å². The maximum Gasteiger partial charge on any atom is 0.301 e. The minimum atomic E-state index is -0.520. The lowest BCUT2D eigenvalue weighted by atomic mass is 10.3. The monoisotopic (exact) mass is 256 g/mol. The van der Waals surface area contributed by atoms with Gasteiger partial charge in [0.05, 0.1) is 16.0 Å². The summed E-state index contributed by atoms with van der Waals surface area (Å²) in [5, 5.41) is 11.3. The molecule has 0 radical (unpaired) electrons. The van der Waals surface area contributed by atoms with E-state index >= 15 is 0 Å². The van der Waals surface area contributed by atoms with Crippen LogP contribution < -0.4 is 0 Å². The molecule has 5 nitrogen and oxygen atoms in total. The van der Waals surface area contributed by atoms with E-state index in [4.69, 9.17) is 16.0 Å². The summed E-state index contributed by atoms with van der Waals surface area (Å²) in [6.45, 7) is 0. The molecule has 0 bridgehead atoms. The first kappa shape index (κ1) is 11.0. The summed E-state index contributed by atoms with van der Waals surface area (Å²) in [7, 11) is 0. The highest BCUT2D eigenvalue weighted by atomic mass is 35.5. The number of nitro groups is 1. The highest BCUT2D eigenvalue weighted by molar-refractivity contribution is 7.99.